The summed E-state index contributed by atoms with van der Waals surface area (Å²) < 4.78 is 12.8. The number of rotatable bonds is 3. The number of alkyl halides is 1. The first-order valence-electron chi connectivity index (χ1n) is 4.05. The van der Waals surface area contributed by atoms with Crippen LogP contribution < -0.4 is 5.32 Å². The first-order valence-corrected chi connectivity index (χ1v) is 5.34. The van der Waals surface area contributed by atoms with Crippen LogP contribution in [0.15, 0.2) is 12.1 Å². The normalized spacial score (nSPS) is 10.1. The highest BCUT2D eigenvalue weighted by Gasteiger charge is 2.11. The Bertz CT molecular complexity index is 361. The molecule has 0 aliphatic carbocycles. The summed E-state index contributed by atoms with van der Waals surface area (Å²) in [7, 11) is 0. The predicted octanol–water partition coefficient (Wildman–Crippen LogP) is 3.70. The van der Waals surface area contributed by atoms with E-state index in [-0.39, 0.29) is 33.9 Å². The first kappa shape index (κ1) is 12.6. The van der Waals surface area contributed by atoms with E-state index in [0.717, 1.165) is 12.1 Å². The zero-order valence-corrected chi connectivity index (χ0v) is 9.76. The fourth-order valence-corrected chi connectivity index (χ4v) is 1.68. The lowest BCUT2D eigenvalue weighted by molar-refractivity contribution is -0.115. The second-order valence-corrected chi connectivity index (χ2v) is 3.92. The van der Waals surface area contributed by atoms with Gasteiger partial charge in [-0.15, -0.1) is 11.6 Å². The van der Waals surface area contributed by atoms with Gasteiger partial charge < -0.3 is 5.32 Å². The van der Waals surface area contributed by atoms with Gasteiger partial charge in [-0.1, -0.05) is 23.2 Å². The highest BCUT2D eigenvalue weighted by molar-refractivity contribution is 6.39. The van der Waals surface area contributed by atoms with Gasteiger partial charge in [-0.25, -0.2) is 4.39 Å². The van der Waals surface area contributed by atoms with Crippen molar-refractivity contribution in [2.75, 3.05) is 11.2 Å². The maximum absolute atomic E-state index is 12.8. The molecule has 1 N–H and O–H groups in total. The molecular formula is C9H7Cl3FNO. The fourth-order valence-electron chi connectivity index (χ4n) is 0.949. The second kappa shape index (κ2) is 5.54. The molecule has 0 heterocycles. The first-order chi connectivity index (χ1) is 7.04. The van der Waals surface area contributed by atoms with E-state index in [1.165, 1.54) is 0 Å². The Morgan fingerprint density at radius 2 is 1.87 bits per heavy atom. The van der Waals surface area contributed by atoms with Crippen molar-refractivity contribution in [1.29, 1.82) is 0 Å². The maximum Gasteiger partial charge on any atom is 0.225 e. The molecule has 15 heavy (non-hydrogen) atoms. The van der Waals surface area contributed by atoms with Crippen LogP contribution in [-0.4, -0.2) is 11.8 Å². The SMILES string of the molecule is O=C(CCCl)Nc1c(Cl)cc(F)cc1Cl. The van der Waals surface area contributed by atoms with Crippen LogP contribution in [-0.2, 0) is 4.79 Å². The summed E-state index contributed by atoms with van der Waals surface area (Å²) in [5, 5.41) is 2.57. The Labute approximate surface area is 101 Å². The molecule has 0 aliphatic heterocycles. The molecule has 0 saturated heterocycles. The van der Waals surface area contributed by atoms with Crippen molar-refractivity contribution in [1.82, 2.24) is 0 Å². The van der Waals surface area contributed by atoms with E-state index in [1.807, 2.05) is 0 Å². The molecule has 1 rings (SSSR count). The molecule has 1 amide bonds. The van der Waals surface area contributed by atoms with Crippen molar-refractivity contribution in [2.45, 2.75) is 6.42 Å². The van der Waals surface area contributed by atoms with Crippen molar-refractivity contribution in [2.24, 2.45) is 0 Å². The van der Waals surface area contributed by atoms with Gasteiger partial charge in [-0.3, -0.25) is 4.79 Å². The molecule has 0 spiro atoms. The van der Waals surface area contributed by atoms with Gasteiger partial charge in [-0.05, 0) is 12.1 Å². The van der Waals surface area contributed by atoms with Gasteiger partial charge in [0.25, 0.3) is 0 Å². The molecule has 0 saturated carbocycles. The monoisotopic (exact) mass is 269 g/mol. The Morgan fingerprint density at radius 1 is 1.33 bits per heavy atom. The van der Waals surface area contributed by atoms with Crippen molar-refractivity contribution in [3.8, 4) is 0 Å². The molecule has 0 fully saturated rings. The number of carbonyl (C=O) groups is 1. The molecular weight excluding hydrogens is 263 g/mol. The molecule has 1 aromatic carbocycles. The lowest BCUT2D eigenvalue weighted by Gasteiger charge is -2.08. The van der Waals surface area contributed by atoms with E-state index >= 15 is 0 Å². The lowest BCUT2D eigenvalue weighted by atomic mass is 10.3. The number of carbonyl (C=O) groups excluding carboxylic acids is 1. The number of hydrogen-bond donors (Lipinski definition) is 1. The van der Waals surface area contributed by atoms with Crippen LogP contribution in [0, 0.1) is 5.82 Å². The standard InChI is InChI=1S/C9H7Cl3FNO/c10-2-1-8(15)14-9-6(11)3-5(13)4-7(9)12/h3-4H,1-2H2,(H,14,15). The van der Waals surface area contributed by atoms with Crippen LogP contribution in [0.25, 0.3) is 0 Å². The minimum Gasteiger partial charge on any atom is -0.324 e. The van der Waals surface area contributed by atoms with Crippen LogP contribution in [0.4, 0.5) is 10.1 Å². The number of hydrogen-bond acceptors (Lipinski definition) is 1. The van der Waals surface area contributed by atoms with Crippen molar-refractivity contribution >= 4 is 46.4 Å². The van der Waals surface area contributed by atoms with Crippen LogP contribution in [0.3, 0.4) is 0 Å². The third kappa shape index (κ3) is 3.52. The Kier molecular flexibility index (Phi) is 4.64. The number of benzene rings is 1. The Morgan fingerprint density at radius 3 is 2.33 bits per heavy atom. The zero-order chi connectivity index (χ0) is 11.4. The van der Waals surface area contributed by atoms with Crippen LogP contribution >= 0.6 is 34.8 Å². The van der Waals surface area contributed by atoms with Gasteiger partial charge in [0, 0.05) is 12.3 Å². The largest absolute Gasteiger partial charge is 0.324 e. The lowest BCUT2D eigenvalue weighted by Crippen LogP contribution is -2.12. The summed E-state index contributed by atoms with van der Waals surface area (Å²) in [6, 6.07) is 2.15. The van der Waals surface area contributed by atoms with E-state index in [4.69, 9.17) is 34.8 Å². The molecule has 6 heteroatoms. The molecule has 0 aromatic heterocycles. The molecule has 0 bridgehead atoms. The van der Waals surface area contributed by atoms with Crippen LogP contribution in [0.2, 0.25) is 10.0 Å². The quantitative estimate of drug-likeness (QED) is 0.834. The molecule has 0 radical (unpaired) electrons. The summed E-state index contributed by atoms with van der Waals surface area (Å²) in [4.78, 5) is 11.2. The molecule has 0 unspecified atom stereocenters. The molecule has 1 aromatic rings. The summed E-state index contributed by atoms with van der Waals surface area (Å²) in [5.74, 6) is -0.678. The summed E-state index contributed by atoms with van der Waals surface area (Å²) in [6.07, 6.45) is 0.144. The number of anilines is 1. The van der Waals surface area contributed by atoms with E-state index in [9.17, 15) is 9.18 Å². The van der Waals surface area contributed by atoms with Gasteiger partial charge in [0.15, 0.2) is 0 Å². The third-order valence-electron chi connectivity index (χ3n) is 1.59. The highest BCUT2D eigenvalue weighted by atomic mass is 35.5. The van der Waals surface area contributed by atoms with E-state index in [2.05, 4.69) is 5.32 Å². The van der Waals surface area contributed by atoms with Crippen molar-refractivity contribution < 1.29 is 9.18 Å². The van der Waals surface area contributed by atoms with Gasteiger partial charge in [0.1, 0.15) is 5.82 Å². The third-order valence-corrected chi connectivity index (χ3v) is 2.38. The second-order valence-electron chi connectivity index (χ2n) is 2.73. The van der Waals surface area contributed by atoms with Crippen LogP contribution in [0.5, 0.6) is 0 Å². The van der Waals surface area contributed by atoms with E-state index in [0.29, 0.717) is 0 Å². The smallest absolute Gasteiger partial charge is 0.225 e. The molecule has 0 atom stereocenters. The highest BCUT2D eigenvalue weighted by Crippen LogP contribution is 2.31. The number of halogens is 4. The van der Waals surface area contributed by atoms with Crippen molar-refractivity contribution in [3.05, 3.63) is 28.0 Å². The minimum absolute atomic E-state index is 0.0583. The average Bonchev–Trinajstić information content (AvgIpc) is 2.11. The van der Waals surface area contributed by atoms with Gasteiger partial charge in [0.05, 0.1) is 15.7 Å². The Hall–Kier alpha value is -0.510. The maximum atomic E-state index is 12.8. The molecule has 2 nitrogen and oxygen atoms in total. The topological polar surface area (TPSA) is 29.1 Å². The number of amides is 1. The van der Waals surface area contributed by atoms with Gasteiger partial charge >= 0.3 is 0 Å². The summed E-state index contributed by atoms with van der Waals surface area (Å²) >= 11 is 16.8. The average molecular weight is 271 g/mol. The van der Waals surface area contributed by atoms with E-state index < -0.39 is 5.82 Å². The molecule has 0 aliphatic rings. The predicted molar refractivity (Wildman–Crippen MR) is 60.4 cm³/mol. The van der Waals surface area contributed by atoms with Gasteiger partial charge in [-0.2, -0.15) is 0 Å². The summed E-state index contributed by atoms with van der Waals surface area (Å²) in [6.45, 7) is 0. The summed E-state index contributed by atoms with van der Waals surface area (Å²) in [5.41, 5.74) is 0.204. The zero-order valence-electron chi connectivity index (χ0n) is 7.49. The van der Waals surface area contributed by atoms with E-state index in [1.54, 1.807) is 0 Å². The van der Waals surface area contributed by atoms with Crippen molar-refractivity contribution in [3.63, 3.8) is 0 Å². The molecule has 82 valence electrons. The Balaban J connectivity index is 2.90. The van der Waals surface area contributed by atoms with Crippen LogP contribution in [0.1, 0.15) is 6.42 Å². The minimum atomic E-state index is -0.555. The number of nitrogens with one attached hydrogen (secondary N) is 1. The van der Waals surface area contributed by atoms with Gasteiger partial charge in [0.2, 0.25) is 5.91 Å². The fraction of sp³-hybridized carbons (Fsp3) is 0.222.